The van der Waals surface area contributed by atoms with Crippen molar-refractivity contribution in [2.75, 3.05) is 0 Å². The number of nitrogens with two attached hydrogens (primary N) is 1. The largest absolute Gasteiger partial charge is 0.343 e. The second kappa shape index (κ2) is 8.43. The summed E-state index contributed by atoms with van der Waals surface area (Å²) >= 11 is 2.95. The topological polar surface area (TPSA) is 80.9 Å². The second-order valence-corrected chi connectivity index (χ2v) is 8.06. The van der Waals surface area contributed by atoms with Crippen LogP contribution < -0.4 is 11.1 Å². The summed E-state index contributed by atoms with van der Waals surface area (Å²) in [5.74, 6) is -0.448. The summed E-state index contributed by atoms with van der Waals surface area (Å²) in [4.78, 5) is 22.5. The Morgan fingerprint density at radius 1 is 1.30 bits per heavy atom. The van der Waals surface area contributed by atoms with Crippen molar-refractivity contribution < 1.29 is 9.18 Å². The molecule has 1 amide bonds. The van der Waals surface area contributed by atoms with Crippen LogP contribution in [-0.4, -0.2) is 15.9 Å². The van der Waals surface area contributed by atoms with Gasteiger partial charge in [-0.05, 0) is 43.5 Å². The van der Waals surface area contributed by atoms with Gasteiger partial charge in [-0.2, -0.15) is 0 Å². The first-order valence-corrected chi connectivity index (χ1v) is 10.0. The fourth-order valence-corrected chi connectivity index (χ4v) is 4.87. The van der Waals surface area contributed by atoms with Gasteiger partial charge in [0.15, 0.2) is 0 Å². The van der Waals surface area contributed by atoms with Gasteiger partial charge in [0.2, 0.25) is 0 Å². The molecule has 2 aromatic heterocycles. The Morgan fingerprint density at radius 2 is 2.07 bits per heavy atom. The Balaban J connectivity index is 0.00000210. The Kier molecular flexibility index (Phi) is 6.21. The number of benzene rings is 1. The SMILES string of the molecule is Cl.NCc1nc(C(=O)NC2CCCc3nc(-c4ccc(F)cc4)sc32)cs1. The van der Waals surface area contributed by atoms with Gasteiger partial charge < -0.3 is 11.1 Å². The van der Waals surface area contributed by atoms with Crippen LogP contribution >= 0.6 is 35.1 Å². The number of aromatic nitrogens is 2. The molecule has 3 aromatic rings. The molecule has 0 aliphatic heterocycles. The molecular formula is C18H18ClFN4OS2. The number of hydrogen-bond acceptors (Lipinski definition) is 6. The van der Waals surface area contributed by atoms with Gasteiger partial charge >= 0.3 is 0 Å². The molecule has 1 atom stereocenters. The van der Waals surface area contributed by atoms with Crippen LogP contribution in [0.3, 0.4) is 0 Å². The standard InChI is InChI=1S/C18H17FN4OS2.ClH/c19-11-6-4-10(5-7-11)18-23-13-3-1-2-12(16(13)26-18)22-17(24)14-9-25-15(8-20)21-14;/h4-7,9,12H,1-3,8,20H2,(H,22,24);1H. The summed E-state index contributed by atoms with van der Waals surface area (Å²) in [6.45, 7) is 0.335. The Morgan fingerprint density at radius 3 is 2.78 bits per heavy atom. The smallest absolute Gasteiger partial charge is 0.271 e. The monoisotopic (exact) mass is 424 g/mol. The number of rotatable bonds is 4. The molecule has 2 heterocycles. The highest BCUT2D eigenvalue weighted by Crippen LogP contribution is 2.38. The number of carbonyl (C=O) groups excluding carboxylic acids is 1. The minimum absolute atomic E-state index is 0. The minimum atomic E-state index is -0.264. The first-order chi connectivity index (χ1) is 12.6. The van der Waals surface area contributed by atoms with Crippen LogP contribution in [-0.2, 0) is 13.0 Å². The number of fused-ring (bicyclic) bond motifs is 1. The lowest BCUT2D eigenvalue weighted by atomic mass is 9.98. The zero-order valence-electron chi connectivity index (χ0n) is 14.3. The van der Waals surface area contributed by atoms with Gasteiger partial charge in [0, 0.05) is 17.5 Å². The van der Waals surface area contributed by atoms with E-state index in [1.54, 1.807) is 28.8 Å². The Bertz CT molecular complexity index is 941. The molecule has 0 bridgehead atoms. The number of carbonyl (C=O) groups is 1. The van der Waals surface area contributed by atoms with Crippen LogP contribution in [0.5, 0.6) is 0 Å². The first kappa shape index (κ1) is 19.9. The summed E-state index contributed by atoms with van der Waals surface area (Å²) in [7, 11) is 0. The van der Waals surface area contributed by atoms with Crippen molar-refractivity contribution >= 4 is 41.0 Å². The lowest BCUT2D eigenvalue weighted by molar-refractivity contribution is 0.0929. The molecule has 0 fully saturated rings. The summed E-state index contributed by atoms with van der Waals surface area (Å²) in [6.07, 6.45) is 2.74. The summed E-state index contributed by atoms with van der Waals surface area (Å²) in [6, 6.07) is 6.27. The number of amides is 1. The predicted molar refractivity (Wildman–Crippen MR) is 108 cm³/mol. The highest BCUT2D eigenvalue weighted by Gasteiger charge is 2.27. The zero-order chi connectivity index (χ0) is 18.1. The van der Waals surface area contributed by atoms with Crippen LogP contribution in [0.15, 0.2) is 29.6 Å². The maximum atomic E-state index is 13.1. The number of hydrogen-bond donors (Lipinski definition) is 2. The quantitative estimate of drug-likeness (QED) is 0.660. The van der Waals surface area contributed by atoms with Crippen LogP contribution in [0, 0.1) is 5.82 Å². The molecule has 0 radical (unpaired) electrons. The van der Waals surface area contributed by atoms with Crippen molar-refractivity contribution in [1.82, 2.24) is 15.3 Å². The van der Waals surface area contributed by atoms with Gasteiger partial charge in [-0.1, -0.05) is 0 Å². The van der Waals surface area contributed by atoms with Crippen molar-refractivity contribution in [3.8, 4) is 10.6 Å². The molecule has 0 spiro atoms. The maximum Gasteiger partial charge on any atom is 0.271 e. The molecule has 1 aliphatic rings. The molecule has 1 unspecified atom stereocenters. The van der Waals surface area contributed by atoms with E-state index in [9.17, 15) is 9.18 Å². The van der Waals surface area contributed by atoms with Gasteiger partial charge in [-0.3, -0.25) is 4.79 Å². The van der Waals surface area contributed by atoms with Crippen molar-refractivity contribution in [2.45, 2.75) is 31.8 Å². The van der Waals surface area contributed by atoms with Crippen LogP contribution in [0.1, 0.15) is 45.0 Å². The fourth-order valence-electron chi connectivity index (χ4n) is 3.01. The summed E-state index contributed by atoms with van der Waals surface area (Å²) in [5.41, 5.74) is 7.88. The second-order valence-electron chi connectivity index (χ2n) is 6.09. The third kappa shape index (κ3) is 4.19. The number of halogens is 2. The Labute approximate surface area is 170 Å². The van der Waals surface area contributed by atoms with E-state index in [2.05, 4.69) is 10.3 Å². The van der Waals surface area contributed by atoms with Gasteiger partial charge in [0.25, 0.3) is 5.91 Å². The van der Waals surface area contributed by atoms with Gasteiger partial charge in [0.05, 0.1) is 16.6 Å². The number of nitrogens with one attached hydrogen (secondary N) is 1. The van der Waals surface area contributed by atoms with E-state index in [1.165, 1.54) is 23.5 Å². The van der Waals surface area contributed by atoms with E-state index < -0.39 is 0 Å². The molecule has 4 rings (SSSR count). The van der Waals surface area contributed by atoms with Gasteiger partial charge in [-0.25, -0.2) is 14.4 Å². The number of thiazole rings is 2. The minimum Gasteiger partial charge on any atom is -0.343 e. The summed E-state index contributed by atoms with van der Waals surface area (Å²) in [5, 5.41) is 6.41. The average molecular weight is 425 g/mol. The molecule has 142 valence electrons. The molecule has 9 heteroatoms. The van der Waals surface area contributed by atoms with E-state index in [4.69, 9.17) is 10.7 Å². The number of nitrogens with zero attached hydrogens (tertiary/aromatic N) is 2. The first-order valence-electron chi connectivity index (χ1n) is 8.35. The molecule has 1 aromatic carbocycles. The summed E-state index contributed by atoms with van der Waals surface area (Å²) < 4.78 is 13.1. The lowest BCUT2D eigenvalue weighted by Gasteiger charge is -2.21. The van der Waals surface area contributed by atoms with Gasteiger partial charge in [-0.15, -0.1) is 35.1 Å². The van der Waals surface area contributed by atoms with Crippen LogP contribution in [0.25, 0.3) is 10.6 Å². The Hall–Kier alpha value is -1.87. The van der Waals surface area contributed by atoms with Crippen LogP contribution in [0.2, 0.25) is 0 Å². The van der Waals surface area contributed by atoms with Crippen molar-refractivity contribution in [1.29, 1.82) is 0 Å². The van der Waals surface area contributed by atoms with Gasteiger partial charge in [0.1, 0.15) is 21.5 Å². The van der Waals surface area contributed by atoms with E-state index in [0.29, 0.717) is 12.2 Å². The van der Waals surface area contributed by atoms with E-state index in [-0.39, 0.29) is 30.2 Å². The van der Waals surface area contributed by atoms with E-state index >= 15 is 0 Å². The van der Waals surface area contributed by atoms with Crippen molar-refractivity contribution in [2.24, 2.45) is 5.73 Å². The predicted octanol–water partition coefficient (Wildman–Crippen LogP) is 4.09. The van der Waals surface area contributed by atoms with E-state index in [0.717, 1.165) is 45.4 Å². The normalized spacial score (nSPS) is 15.7. The average Bonchev–Trinajstić information content (AvgIpc) is 3.30. The van der Waals surface area contributed by atoms with Crippen LogP contribution in [0.4, 0.5) is 4.39 Å². The molecule has 1 aliphatic carbocycles. The third-order valence-corrected chi connectivity index (χ3v) is 6.44. The molecule has 3 N–H and O–H groups in total. The fraction of sp³-hybridized carbons (Fsp3) is 0.278. The molecule has 27 heavy (non-hydrogen) atoms. The molecular weight excluding hydrogens is 407 g/mol. The zero-order valence-corrected chi connectivity index (χ0v) is 16.7. The van der Waals surface area contributed by atoms with E-state index in [1.807, 2.05) is 0 Å². The highest BCUT2D eigenvalue weighted by atomic mass is 35.5. The third-order valence-electron chi connectivity index (χ3n) is 4.31. The highest BCUT2D eigenvalue weighted by molar-refractivity contribution is 7.15. The molecule has 0 saturated carbocycles. The van der Waals surface area contributed by atoms with Crippen molar-refractivity contribution in [3.05, 3.63) is 56.7 Å². The molecule has 5 nitrogen and oxygen atoms in total. The molecule has 0 saturated heterocycles. The lowest BCUT2D eigenvalue weighted by Crippen LogP contribution is -2.30. The maximum absolute atomic E-state index is 13.1. The van der Waals surface area contributed by atoms with Crippen molar-refractivity contribution in [3.63, 3.8) is 0 Å². The number of aryl methyl sites for hydroxylation is 1.